The van der Waals surface area contributed by atoms with Crippen LogP contribution < -0.4 is 4.74 Å². The Morgan fingerprint density at radius 3 is 2.39 bits per heavy atom. The summed E-state index contributed by atoms with van der Waals surface area (Å²) in [5.74, 6) is -2.74. The first-order valence-corrected chi connectivity index (χ1v) is 4.40. The SMILES string of the molecule is Cc1c(OC(F)(F)F)cc(C(=O)O)nc1C(F)F. The number of carboxylic acids is 1. The van der Waals surface area contributed by atoms with E-state index in [1.807, 2.05) is 0 Å². The van der Waals surface area contributed by atoms with Crippen LogP contribution in [0.25, 0.3) is 0 Å². The maximum atomic E-state index is 12.5. The zero-order chi connectivity index (χ0) is 14.1. The van der Waals surface area contributed by atoms with Crippen LogP contribution in [0.1, 0.15) is 28.2 Å². The molecule has 1 aromatic heterocycles. The van der Waals surface area contributed by atoms with Crippen molar-refractivity contribution >= 4 is 5.97 Å². The summed E-state index contributed by atoms with van der Waals surface area (Å²) < 4.78 is 64.5. The predicted molar refractivity (Wildman–Crippen MR) is 47.6 cm³/mol. The van der Waals surface area contributed by atoms with Crippen LogP contribution >= 0.6 is 0 Å². The highest BCUT2D eigenvalue weighted by molar-refractivity contribution is 5.86. The second-order valence-corrected chi connectivity index (χ2v) is 3.17. The van der Waals surface area contributed by atoms with Gasteiger partial charge in [0.15, 0.2) is 5.69 Å². The van der Waals surface area contributed by atoms with E-state index in [2.05, 4.69) is 9.72 Å². The van der Waals surface area contributed by atoms with E-state index >= 15 is 0 Å². The molecule has 1 heterocycles. The summed E-state index contributed by atoms with van der Waals surface area (Å²) in [6.07, 6.45) is -8.32. The van der Waals surface area contributed by atoms with Gasteiger partial charge in [-0.3, -0.25) is 0 Å². The zero-order valence-electron chi connectivity index (χ0n) is 8.76. The van der Waals surface area contributed by atoms with Gasteiger partial charge in [-0.2, -0.15) is 0 Å². The van der Waals surface area contributed by atoms with Crippen LogP contribution in [0.5, 0.6) is 5.75 Å². The molecular weight excluding hydrogens is 265 g/mol. The fourth-order valence-electron chi connectivity index (χ4n) is 1.16. The molecule has 0 aliphatic rings. The fraction of sp³-hybridized carbons (Fsp3) is 0.333. The quantitative estimate of drug-likeness (QED) is 0.859. The molecule has 0 aliphatic heterocycles. The number of carbonyl (C=O) groups is 1. The average Bonchev–Trinajstić information content (AvgIpc) is 2.18. The number of ether oxygens (including phenoxy) is 1. The lowest BCUT2D eigenvalue weighted by Gasteiger charge is -2.14. The average molecular weight is 271 g/mol. The Hall–Kier alpha value is -1.93. The Balaban J connectivity index is 3.36. The number of aromatic nitrogens is 1. The highest BCUT2D eigenvalue weighted by Crippen LogP contribution is 2.32. The van der Waals surface area contributed by atoms with Crippen LogP contribution in [0.15, 0.2) is 6.07 Å². The Labute approximate surface area is 97.0 Å². The van der Waals surface area contributed by atoms with Gasteiger partial charge >= 0.3 is 12.3 Å². The minimum Gasteiger partial charge on any atom is -0.477 e. The smallest absolute Gasteiger partial charge is 0.477 e. The predicted octanol–water partition coefficient (Wildman–Crippen LogP) is 2.92. The Bertz CT molecular complexity index is 472. The van der Waals surface area contributed by atoms with Gasteiger partial charge in [-0.15, -0.1) is 13.2 Å². The van der Waals surface area contributed by atoms with Gasteiger partial charge < -0.3 is 9.84 Å². The van der Waals surface area contributed by atoms with Gasteiger partial charge in [-0.05, 0) is 6.92 Å². The van der Waals surface area contributed by atoms with E-state index in [9.17, 15) is 26.7 Å². The van der Waals surface area contributed by atoms with E-state index in [-0.39, 0.29) is 0 Å². The van der Waals surface area contributed by atoms with Crippen LogP contribution in [-0.4, -0.2) is 22.4 Å². The van der Waals surface area contributed by atoms with Crippen molar-refractivity contribution < 1.29 is 36.6 Å². The van der Waals surface area contributed by atoms with E-state index in [1.54, 1.807) is 0 Å². The van der Waals surface area contributed by atoms with Crippen molar-refractivity contribution in [3.63, 3.8) is 0 Å². The van der Waals surface area contributed by atoms with Crippen molar-refractivity contribution in [3.05, 3.63) is 23.0 Å². The molecule has 0 atom stereocenters. The molecule has 1 rings (SSSR count). The van der Waals surface area contributed by atoms with Crippen LogP contribution in [0.4, 0.5) is 22.0 Å². The van der Waals surface area contributed by atoms with Crippen molar-refractivity contribution in [1.29, 1.82) is 0 Å². The molecule has 1 aromatic rings. The molecule has 1 N–H and O–H groups in total. The Morgan fingerprint density at radius 2 is 2.00 bits per heavy atom. The third kappa shape index (κ3) is 3.28. The number of hydrogen-bond donors (Lipinski definition) is 1. The number of alkyl halides is 5. The first-order chi connectivity index (χ1) is 8.11. The normalized spacial score (nSPS) is 11.7. The lowest BCUT2D eigenvalue weighted by atomic mass is 10.1. The first kappa shape index (κ1) is 14.1. The maximum Gasteiger partial charge on any atom is 0.573 e. The maximum absolute atomic E-state index is 12.5. The third-order valence-electron chi connectivity index (χ3n) is 1.91. The molecule has 0 bridgehead atoms. The first-order valence-electron chi connectivity index (χ1n) is 4.40. The second-order valence-electron chi connectivity index (χ2n) is 3.17. The van der Waals surface area contributed by atoms with Crippen molar-refractivity contribution in [2.75, 3.05) is 0 Å². The summed E-state index contributed by atoms with van der Waals surface area (Å²) in [5.41, 5.74) is -2.57. The molecule has 100 valence electrons. The molecule has 18 heavy (non-hydrogen) atoms. The molecule has 0 unspecified atom stereocenters. The summed E-state index contributed by atoms with van der Waals surface area (Å²) in [6.45, 7) is 0.932. The van der Waals surface area contributed by atoms with Gasteiger partial charge in [-0.25, -0.2) is 18.6 Å². The van der Waals surface area contributed by atoms with Crippen molar-refractivity contribution in [2.24, 2.45) is 0 Å². The minimum atomic E-state index is -5.11. The van der Waals surface area contributed by atoms with E-state index < -0.39 is 41.5 Å². The van der Waals surface area contributed by atoms with Gasteiger partial charge in [-0.1, -0.05) is 0 Å². The largest absolute Gasteiger partial charge is 0.573 e. The summed E-state index contributed by atoms with van der Waals surface area (Å²) >= 11 is 0. The van der Waals surface area contributed by atoms with Crippen LogP contribution in [-0.2, 0) is 0 Å². The van der Waals surface area contributed by atoms with Crippen LogP contribution in [0, 0.1) is 6.92 Å². The molecule has 9 heteroatoms. The lowest BCUT2D eigenvalue weighted by molar-refractivity contribution is -0.274. The second kappa shape index (κ2) is 4.75. The van der Waals surface area contributed by atoms with Gasteiger partial charge in [0, 0.05) is 11.6 Å². The summed E-state index contributed by atoms with van der Waals surface area (Å²) in [7, 11) is 0. The fourth-order valence-corrected chi connectivity index (χ4v) is 1.16. The van der Waals surface area contributed by atoms with E-state index in [0.717, 1.165) is 6.92 Å². The summed E-state index contributed by atoms with van der Waals surface area (Å²) in [4.78, 5) is 13.6. The Kier molecular flexibility index (Phi) is 3.73. The van der Waals surface area contributed by atoms with Crippen LogP contribution in [0.2, 0.25) is 0 Å². The molecule has 0 amide bonds. The molecular formula is C9H6F5NO3. The number of rotatable bonds is 3. The van der Waals surface area contributed by atoms with Crippen molar-refractivity contribution in [3.8, 4) is 5.75 Å². The molecule has 0 fully saturated rings. The highest BCUT2D eigenvalue weighted by atomic mass is 19.4. The zero-order valence-corrected chi connectivity index (χ0v) is 8.76. The summed E-state index contributed by atoms with van der Waals surface area (Å²) in [6, 6.07) is 0.442. The molecule has 0 radical (unpaired) electrons. The van der Waals surface area contributed by atoms with Crippen molar-refractivity contribution in [2.45, 2.75) is 19.7 Å². The molecule has 0 aliphatic carbocycles. The molecule has 0 saturated carbocycles. The van der Waals surface area contributed by atoms with Gasteiger partial charge in [0.05, 0.1) is 0 Å². The summed E-state index contributed by atoms with van der Waals surface area (Å²) in [5, 5.41) is 8.56. The molecule has 4 nitrogen and oxygen atoms in total. The number of aromatic carboxylic acids is 1. The van der Waals surface area contributed by atoms with E-state index in [0.29, 0.717) is 6.07 Å². The molecule has 0 spiro atoms. The molecule has 0 aromatic carbocycles. The van der Waals surface area contributed by atoms with E-state index in [4.69, 9.17) is 5.11 Å². The minimum absolute atomic E-state index is 0.442. The Morgan fingerprint density at radius 1 is 1.44 bits per heavy atom. The van der Waals surface area contributed by atoms with Gasteiger partial charge in [0.2, 0.25) is 0 Å². The van der Waals surface area contributed by atoms with Gasteiger partial charge in [0.1, 0.15) is 11.4 Å². The van der Waals surface area contributed by atoms with Crippen LogP contribution in [0.3, 0.4) is 0 Å². The lowest BCUT2D eigenvalue weighted by Crippen LogP contribution is -2.19. The number of hydrogen-bond acceptors (Lipinski definition) is 3. The number of halogens is 5. The van der Waals surface area contributed by atoms with E-state index in [1.165, 1.54) is 0 Å². The number of nitrogens with zero attached hydrogens (tertiary/aromatic N) is 1. The standard InChI is InChI=1S/C9H6F5NO3/c1-3-5(18-9(12,13)14)2-4(8(16)17)15-6(3)7(10)11/h2,7H,1H3,(H,16,17). The number of carboxylic acid groups (broad SMARTS) is 1. The topological polar surface area (TPSA) is 59.4 Å². The molecule has 0 saturated heterocycles. The highest BCUT2D eigenvalue weighted by Gasteiger charge is 2.33. The monoisotopic (exact) mass is 271 g/mol. The number of pyridine rings is 1. The van der Waals surface area contributed by atoms with Crippen molar-refractivity contribution in [1.82, 2.24) is 4.98 Å². The van der Waals surface area contributed by atoms with Gasteiger partial charge in [0.25, 0.3) is 6.43 Å². The third-order valence-corrected chi connectivity index (χ3v) is 1.91.